The van der Waals surface area contributed by atoms with E-state index >= 15 is 0 Å². The maximum absolute atomic E-state index is 13.6. The fourth-order valence-corrected chi connectivity index (χ4v) is 7.02. The van der Waals surface area contributed by atoms with Crippen molar-refractivity contribution >= 4 is 17.5 Å². The summed E-state index contributed by atoms with van der Waals surface area (Å²) in [4.78, 5) is 39.2. The SMILES string of the molecule is COC1=C(C)[C@@H]2CC(=O)OC3CC4C(C)CC(O)C(=O)[C@]4(C)C(C1=O)[C@@]32C. The average Bonchev–Trinajstić information content (AvgIpc) is 2.58. The molecule has 1 heterocycles. The van der Waals surface area contributed by atoms with Gasteiger partial charge >= 0.3 is 5.97 Å². The minimum Gasteiger partial charge on any atom is -0.493 e. The monoisotopic (exact) mass is 376 g/mol. The lowest BCUT2D eigenvalue weighted by molar-refractivity contribution is -0.224. The molecule has 0 radical (unpaired) electrons. The van der Waals surface area contributed by atoms with Crippen molar-refractivity contribution < 1.29 is 29.0 Å². The summed E-state index contributed by atoms with van der Waals surface area (Å²) in [5.41, 5.74) is -0.900. The smallest absolute Gasteiger partial charge is 0.306 e. The average molecular weight is 376 g/mol. The molecule has 0 amide bonds. The topological polar surface area (TPSA) is 89.9 Å². The molecule has 1 N–H and O–H groups in total. The molecule has 0 aromatic rings. The molecule has 27 heavy (non-hydrogen) atoms. The number of hydrogen-bond donors (Lipinski definition) is 1. The van der Waals surface area contributed by atoms with Crippen LogP contribution in [-0.4, -0.2) is 42.0 Å². The molecule has 0 spiro atoms. The summed E-state index contributed by atoms with van der Waals surface area (Å²) in [6, 6.07) is 0. The second-order valence-electron chi connectivity index (χ2n) is 9.33. The summed E-state index contributed by atoms with van der Waals surface area (Å²) in [5, 5.41) is 10.4. The molecule has 1 saturated heterocycles. The van der Waals surface area contributed by atoms with Crippen LogP contribution in [0.15, 0.2) is 11.3 Å². The van der Waals surface area contributed by atoms with Gasteiger partial charge in [0.05, 0.1) is 13.5 Å². The highest BCUT2D eigenvalue weighted by Crippen LogP contribution is 2.67. The molecule has 6 heteroatoms. The Balaban J connectivity index is 1.97. The van der Waals surface area contributed by atoms with Gasteiger partial charge in [0, 0.05) is 22.7 Å². The maximum atomic E-state index is 13.6. The van der Waals surface area contributed by atoms with Gasteiger partial charge in [0.25, 0.3) is 0 Å². The molecule has 3 aliphatic carbocycles. The lowest BCUT2D eigenvalue weighted by Gasteiger charge is -2.65. The highest BCUT2D eigenvalue weighted by atomic mass is 16.5. The van der Waals surface area contributed by atoms with E-state index in [0.29, 0.717) is 12.8 Å². The van der Waals surface area contributed by atoms with E-state index < -0.39 is 29.0 Å². The number of fused-ring (bicyclic) bond motifs is 2. The molecule has 8 atom stereocenters. The van der Waals surface area contributed by atoms with E-state index in [-0.39, 0.29) is 47.5 Å². The number of hydrogen-bond acceptors (Lipinski definition) is 6. The number of ketones is 2. The van der Waals surface area contributed by atoms with E-state index in [2.05, 4.69) is 0 Å². The summed E-state index contributed by atoms with van der Waals surface area (Å²) >= 11 is 0. The van der Waals surface area contributed by atoms with Crippen LogP contribution in [0.5, 0.6) is 0 Å². The Morgan fingerprint density at radius 3 is 2.48 bits per heavy atom. The number of aliphatic hydroxyl groups excluding tert-OH is 1. The number of allylic oxidation sites excluding steroid dienone is 2. The van der Waals surface area contributed by atoms with Gasteiger partial charge in [-0.15, -0.1) is 0 Å². The third kappa shape index (κ3) is 2.08. The predicted molar refractivity (Wildman–Crippen MR) is 95.3 cm³/mol. The van der Waals surface area contributed by atoms with Gasteiger partial charge in [-0.2, -0.15) is 0 Å². The van der Waals surface area contributed by atoms with Crippen molar-refractivity contribution in [2.75, 3.05) is 7.11 Å². The number of ether oxygens (including phenoxy) is 2. The first-order chi connectivity index (χ1) is 12.6. The van der Waals surface area contributed by atoms with Gasteiger partial charge in [-0.1, -0.05) is 20.8 Å². The third-order valence-corrected chi connectivity index (χ3v) is 8.24. The molecule has 1 aliphatic heterocycles. The largest absolute Gasteiger partial charge is 0.493 e. The van der Waals surface area contributed by atoms with Crippen LogP contribution in [0, 0.1) is 34.5 Å². The summed E-state index contributed by atoms with van der Waals surface area (Å²) in [7, 11) is 1.46. The first-order valence-electron chi connectivity index (χ1n) is 9.79. The van der Waals surface area contributed by atoms with Gasteiger partial charge in [-0.05, 0) is 37.2 Å². The Morgan fingerprint density at radius 2 is 1.85 bits per heavy atom. The summed E-state index contributed by atoms with van der Waals surface area (Å²) in [6.45, 7) is 7.67. The molecular weight excluding hydrogens is 348 g/mol. The Hall–Kier alpha value is -1.69. The molecular formula is C21H28O6. The third-order valence-electron chi connectivity index (χ3n) is 8.24. The van der Waals surface area contributed by atoms with Gasteiger partial charge in [-0.3, -0.25) is 14.4 Å². The molecule has 3 fully saturated rings. The normalized spacial score (nSPS) is 49.3. The van der Waals surface area contributed by atoms with E-state index in [0.717, 1.165) is 5.57 Å². The van der Waals surface area contributed by atoms with Crippen LogP contribution in [0.1, 0.15) is 47.0 Å². The van der Waals surface area contributed by atoms with Crippen LogP contribution in [0.25, 0.3) is 0 Å². The number of methoxy groups -OCH3 is 1. The summed E-state index contributed by atoms with van der Waals surface area (Å²) in [5.74, 6) is -1.40. The first-order valence-corrected chi connectivity index (χ1v) is 9.79. The van der Waals surface area contributed by atoms with Gasteiger partial charge in [0.1, 0.15) is 12.2 Å². The fraction of sp³-hybridized carbons (Fsp3) is 0.762. The highest BCUT2D eigenvalue weighted by Gasteiger charge is 2.72. The van der Waals surface area contributed by atoms with Crippen LogP contribution in [0.4, 0.5) is 0 Å². The number of Topliss-reactive ketones (excluding diaryl/α,β-unsaturated/α-hetero) is 2. The van der Waals surface area contributed by atoms with Crippen molar-refractivity contribution in [3.8, 4) is 0 Å². The van der Waals surface area contributed by atoms with Crippen molar-refractivity contribution in [3.63, 3.8) is 0 Å². The second-order valence-corrected chi connectivity index (χ2v) is 9.33. The molecule has 2 saturated carbocycles. The van der Waals surface area contributed by atoms with Crippen molar-refractivity contribution in [2.24, 2.45) is 34.5 Å². The van der Waals surface area contributed by atoms with Crippen molar-refractivity contribution in [1.29, 1.82) is 0 Å². The lowest BCUT2D eigenvalue weighted by atomic mass is 9.39. The van der Waals surface area contributed by atoms with Gasteiger partial charge in [-0.25, -0.2) is 0 Å². The van der Waals surface area contributed by atoms with Crippen molar-refractivity contribution in [1.82, 2.24) is 0 Å². The van der Waals surface area contributed by atoms with Crippen molar-refractivity contribution in [2.45, 2.75) is 59.2 Å². The number of carbonyl (C=O) groups is 3. The van der Waals surface area contributed by atoms with Crippen LogP contribution >= 0.6 is 0 Å². The van der Waals surface area contributed by atoms with Crippen LogP contribution in [0.2, 0.25) is 0 Å². The zero-order chi connectivity index (χ0) is 19.9. The van der Waals surface area contributed by atoms with E-state index in [1.165, 1.54) is 7.11 Å². The van der Waals surface area contributed by atoms with Gasteiger partial charge < -0.3 is 14.6 Å². The number of carbonyl (C=O) groups excluding carboxylic acids is 3. The van der Waals surface area contributed by atoms with Crippen LogP contribution in [0.3, 0.4) is 0 Å². The van der Waals surface area contributed by atoms with Gasteiger partial charge in [0.2, 0.25) is 5.78 Å². The van der Waals surface area contributed by atoms with E-state index in [4.69, 9.17) is 9.47 Å². The Kier molecular flexibility index (Phi) is 3.91. The van der Waals surface area contributed by atoms with E-state index in [1.807, 2.05) is 27.7 Å². The lowest BCUT2D eigenvalue weighted by Crippen LogP contribution is -2.70. The second kappa shape index (κ2) is 5.66. The molecule has 4 aliphatic rings. The van der Waals surface area contributed by atoms with Crippen LogP contribution < -0.4 is 0 Å². The zero-order valence-electron chi connectivity index (χ0n) is 16.6. The number of esters is 1. The highest BCUT2D eigenvalue weighted by molar-refractivity contribution is 6.04. The fourth-order valence-electron chi connectivity index (χ4n) is 7.02. The molecule has 5 unspecified atom stereocenters. The standard InChI is InChI=1S/C21H28O6/c1-9-6-13(22)19(25)21(4)11(9)7-14-20(3)12(8-15(23)27-14)10(2)17(26-5)16(24)18(20)21/h9,11-14,18,22H,6-8H2,1-5H3/t9?,11?,12-,13?,14?,18?,20+,21-/m0/s1. The Bertz CT molecular complexity index is 769. The minimum atomic E-state index is -1.06. The van der Waals surface area contributed by atoms with Gasteiger partial charge in [0.15, 0.2) is 11.5 Å². The molecule has 0 bridgehead atoms. The molecule has 148 valence electrons. The van der Waals surface area contributed by atoms with E-state index in [1.54, 1.807) is 0 Å². The summed E-state index contributed by atoms with van der Waals surface area (Å²) < 4.78 is 11.2. The summed E-state index contributed by atoms with van der Waals surface area (Å²) in [6.07, 6.45) is -0.352. The Morgan fingerprint density at radius 1 is 1.19 bits per heavy atom. The zero-order valence-corrected chi connectivity index (χ0v) is 16.6. The number of aliphatic hydroxyl groups is 1. The van der Waals surface area contributed by atoms with E-state index in [9.17, 15) is 19.5 Å². The van der Waals surface area contributed by atoms with Crippen LogP contribution in [-0.2, 0) is 23.9 Å². The molecule has 4 rings (SSSR count). The minimum absolute atomic E-state index is 0.0529. The number of rotatable bonds is 1. The maximum Gasteiger partial charge on any atom is 0.306 e. The quantitative estimate of drug-likeness (QED) is 0.705. The molecule has 0 aromatic carbocycles. The molecule has 6 nitrogen and oxygen atoms in total. The first kappa shape index (κ1) is 18.7. The predicted octanol–water partition coefficient (Wildman–Crippen LogP) is 2.04. The molecule has 0 aromatic heterocycles. The van der Waals surface area contributed by atoms with Crippen molar-refractivity contribution in [3.05, 3.63) is 11.3 Å². The Labute approximate surface area is 159 Å².